The molecule has 0 spiro atoms. The fraction of sp³-hybridized carbons (Fsp3) is 0.368. The van der Waals surface area contributed by atoms with Gasteiger partial charge in [-0.3, -0.25) is 0 Å². The molecule has 0 unspecified atom stereocenters. The molecule has 2 rings (SSSR count). The van der Waals surface area contributed by atoms with Crippen LogP contribution in [0.25, 0.3) is 10.9 Å². The zero-order valence-corrected chi connectivity index (χ0v) is 14.1. The minimum Gasteiger partial charge on any atom is -0.344 e. The van der Waals surface area contributed by atoms with E-state index in [9.17, 15) is 4.39 Å². The van der Waals surface area contributed by atoms with Crippen LogP contribution in [0.1, 0.15) is 33.6 Å². The second-order valence-corrected chi connectivity index (χ2v) is 5.54. The van der Waals surface area contributed by atoms with Gasteiger partial charge in [-0.2, -0.15) is 0 Å². The number of hydrogen-bond donors (Lipinski definition) is 1. The van der Waals surface area contributed by atoms with E-state index in [1.165, 1.54) is 24.3 Å². The van der Waals surface area contributed by atoms with Gasteiger partial charge in [-0.1, -0.05) is 23.3 Å². The molecule has 0 fully saturated rings. The average molecular weight is 302 g/mol. The highest BCUT2D eigenvalue weighted by Crippen LogP contribution is 2.17. The smallest absolute Gasteiger partial charge is 0.123 e. The molecule has 3 heteroatoms. The number of nitrogens with two attached hydrogens (primary N) is 1. The Balaban J connectivity index is 0.00000116. The Labute approximate surface area is 133 Å². The summed E-state index contributed by atoms with van der Waals surface area (Å²) in [6, 6.07) is 6.91. The predicted octanol–water partition coefficient (Wildman–Crippen LogP) is 5.05. The molecular weight excluding hydrogens is 275 g/mol. The van der Waals surface area contributed by atoms with Crippen molar-refractivity contribution in [3.8, 4) is 0 Å². The first-order chi connectivity index (χ1) is 10.6. The monoisotopic (exact) mass is 302 g/mol. The third-order valence-corrected chi connectivity index (χ3v) is 3.46. The number of fused-ring (bicyclic) bond motifs is 1. The van der Waals surface area contributed by atoms with Gasteiger partial charge in [0.25, 0.3) is 0 Å². The van der Waals surface area contributed by atoms with Crippen molar-refractivity contribution in [2.45, 2.75) is 40.2 Å². The summed E-state index contributed by atoms with van der Waals surface area (Å²) < 4.78 is 15.3. The van der Waals surface area contributed by atoms with Crippen molar-refractivity contribution in [1.29, 1.82) is 0 Å². The zero-order chi connectivity index (χ0) is 16.5. The Kier molecular flexibility index (Phi) is 7.61. The molecule has 0 saturated heterocycles. The number of rotatable bonds is 5. The third-order valence-electron chi connectivity index (χ3n) is 3.46. The summed E-state index contributed by atoms with van der Waals surface area (Å²) in [6.45, 7) is 7.27. The molecule has 0 bridgehead atoms. The van der Waals surface area contributed by atoms with E-state index < -0.39 is 0 Å². The first-order valence-corrected chi connectivity index (χ1v) is 7.67. The molecule has 22 heavy (non-hydrogen) atoms. The van der Waals surface area contributed by atoms with Gasteiger partial charge < -0.3 is 10.3 Å². The van der Waals surface area contributed by atoms with E-state index in [4.69, 9.17) is 0 Å². The van der Waals surface area contributed by atoms with Gasteiger partial charge in [0.15, 0.2) is 0 Å². The van der Waals surface area contributed by atoms with Crippen LogP contribution in [0, 0.1) is 5.82 Å². The van der Waals surface area contributed by atoms with E-state index >= 15 is 0 Å². The molecule has 1 aromatic heterocycles. The summed E-state index contributed by atoms with van der Waals surface area (Å²) >= 11 is 0. The Morgan fingerprint density at radius 2 is 1.86 bits per heavy atom. The lowest BCUT2D eigenvalue weighted by molar-refractivity contribution is 0.629. The zero-order valence-electron chi connectivity index (χ0n) is 14.1. The van der Waals surface area contributed by atoms with Gasteiger partial charge in [0, 0.05) is 23.6 Å². The van der Waals surface area contributed by atoms with E-state index in [1.807, 2.05) is 18.3 Å². The predicted molar refractivity (Wildman–Crippen MR) is 94.4 cm³/mol. The molecule has 0 radical (unpaired) electrons. The standard InChI is InChI=1S/C18H22FN.CH5N/c1-14(2)5-4-6-15(3)9-11-20-12-10-16-13-17(19)7-8-18(16)20;1-2/h5,7-10,12-13H,4,6,11H2,1-3H3;2H2,1H3. The van der Waals surface area contributed by atoms with Crippen LogP contribution in [-0.4, -0.2) is 11.6 Å². The van der Waals surface area contributed by atoms with E-state index in [0.29, 0.717) is 0 Å². The Hall–Kier alpha value is -1.87. The molecule has 1 aromatic carbocycles. The second-order valence-electron chi connectivity index (χ2n) is 5.54. The van der Waals surface area contributed by atoms with Crippen molar-refractivity contribution in [2.75, 3.05) is 7.05 Å². The maximum atomic E-state index is 13.1. The summed E-state index contributed by atoms with van der Waals surface area (Å²) in [7, 11) is 1.50. The van der Waals surface area contributed by atoms with Crippen LogP contribution in [0.3, 0.4) is 0 Å². The molecule has 0 aliphatic heterocycles. The number of benzene rings is 1. The first-order valence-electron chi connectivity index (χ1n) is 7.67. The van der Waals surface area contributed by atoms with Crippen LogP contribution in [0.15, 0.2) is 53.8 Å². The van der Waals surface area contributed by atoms with Crippen molar-refractivity contribution in [3.05, 3.63) is 59.6 Å². The lowest BCUT2D eigenvalue weighted by Crippen LogP contribution is -1.93. The maximum Gasteiger partial charge on any atom is 0.123 e. The molecule has 1 heterocycles. The average Bonchev–Trinajstić information content (AvgIpc) is 2.89. The molecule has 0 aliphatic carbocycles. The van der Waals surface area contributed by atoms with Gasteiger partial charge >= 0.3 is 0 Å². The lowest BCUT2D eigenvalue weighted by atomic mass is 10.1. The van der Waals surface area contributed by atoms with E-state index in [0.717, 1.165) is 30.3 Å². The number of halogens is 1. The summed E-state index contributed by atoms with van der Waals surface area (Å²) in [4.78, 5) is 0. The molecule has 2 nitrogen and oxygen atoms in total. The minimum atomic E-state index is -0.177. The van der Waals surface area contributed by atoms with Crippen molar-refractivity contribution in [2.24, 2.45) is 5.73 Å². The van der Waals surface area contributed by atoms with Crippen LogP contribution in [0.5, 0.6) is 0 Å². The lowest BCUT2D eigenvalue weighted by Gasteiger charge is -2.04. The molecule has 0 aliphatic rings. The molecule has 120 valence electrons. The molecule has 0 saturated carbocycles. The minimum absolute atomic E-state index is 0.177. The van der Waals surface area contributed by atoms with Gasteiger partial charge in [-0.25, -0.2) is 4.39 Å². The Bertz CT molecular complexity index is 646. The van der Waals surface area contributed by atoms with Crippen molar-refractivity contribution in [1.82, 2.24) is 4.57 Å². The van der Waals surface area contributed by atoms with Crippen LogP contribution < -0.4 is 5.73 Å². The highest BCUT2D eigenvalue weighted by atomic mass is 19.1. The highest BCUT2D eigenvalue weighted by molar-refractivity contribution is 5.80. The van der Waals surface area contributed by atoms with Gasteiger partial charge in [0.2, 0.25) is 0 Å². The number of aromatic nitrogens is 1. The third kappa shape index (κ3) is 5.49. The Morgan fingerprint density at radius 1 is 1.14 bits per heavy atom. The molecule has 0 amide bonds. The Morgan fingerprint density at radius 3 is 2.55 bits per heavy atom. The largest absolute Gasteiger partial charge is 0.344 e. The molecule has 2 aromatic rings. The number of allylic oxidation sites excluding steroid dienone is 4. The van der Waals surface area contributed by atoms with Gasteiger partial charge in [0.1, 0.15) is 5.82 Å². The van der Waals surface area contributed by atoms with Crippen molar-refractivity contribution in [3.63, 3.8) is 0 Å². The molecule has 0 atom stereocenters. The second kappa shape index (κ2) is 9.21. The topological polar surface area (TPSA) is 30.9 Å². The van der Waals surface area contributed by atoms with Crippen molar-refractivity contribution >= 4 is 10.9 Å². The fourth-order valence-corrected chi connectivity index (χ4v) is 2.27. The van der Waals surface area contributed by atoms with Crippen molar-refractivity contribution < 1.29 is 4.39 Å². The fourth-order valence-electron chi connectivity index (χ4n) is 2.27. The first kappa shape index (κ1) is 18.2. The number of nitrogens with zero attached hydrogens (tertiary/aromatic N) is 1. The van der Waals surface area contributed by atoms with E-state index in [2.05, 4.69) is 43.2 Å². The highest BCUT2D eigenvalue weighted by Gasteiger charge is 2.01. The maximum absolute atomic E-state index is 13.1. The normalized spacial score (nSPS) is 11.1. The van der Waals surface area contributed by atoms with Gasteiger partial charge in [-0.15, -0.1) is 0 Å². The van der Waals surface area contributed by atoms with E-state index in [-0.39, 0.29) is 5.82 Å². The summed E-state index contributed by atoms with van der Waals surface area (Å²) in [6.07, 6.45) is 8.73. The van der Waals surface area contributed by atoms with Gasteiger partial charge in [0.05, 0.1) is 0 Å². The van der Waals surface area contributed by atoms with Gasteiger partial charge in [-0.05, 0) is 64.9 Å². The SMILES string of the molecule is CC(C)=CCCC(C)=CCn1ccc2cc(F)ccc21.CN. The summed E-state index contributed by atoms with van der Waals surface area (Å²) in [5.74, 6) is -0.177. The molecular formula is C19H27FN2. The number of hydrogen-bond acceptors (Lipinski definition) is 1. The van der Waals surface area contributed by atoms with Crippen LogP contribution in [0.4, 0.5) is 4.39 Å². The van der Waals surface area contributed by atoms with E-state index in [1.54, 1.807) is 6.07 Å². The van der Waals surface area contributed by atoms with Crippen LogP contribution in [0.2, 0.25) is 0 Å². The summed E-state index contributed by atoms with van der Waals surface area (Å²) in [5, 5.41) is 0.959. The molecule has 2 N–H and O–H groups in total. The quantitative estimate of drug-likeness (QED) is 0.770. The van der Waals surface area contributed by atoms with Crippen LogP contribution in [-0.2, 0) is 6.54 Å². The van der Waals surface area contributed by atoms with Crippen LogP contribution >= 0.6 is 0 Å². The summed E-state index contributed by atoms with van der Waals surface area (Å²) in [5.41, 5.74) is 8.35.